The lowest BCUT2D eigenvalue weighted by Gasteiger charge is -2.10. The molecule has 3 aromatic rings. The molecule has 0 bridgehead atoms. The number of fused-ring (bicyclic) bond motifs is 1. The van der Waals surface area contributed by atoms with Crippen LogP contribution in [0.3, 0.4) is 0 Å². The standard InChI is InChI=1S/C16H13N3/c1-11-7-8-13-10-18-19(2)16(13)15(11)14-6-4-3-5-12(14)9-17/h3-8,10H,1-2H3. The zero-order valence-corrected chi connectivity index (χ0v) is 10.9. The van der Waals surface area contributed by atoms with Crippen LogP contribution in [-0.2, 0) is 7.05 Å². The van der Waals surface area contributed by atoms with Crippen molar-refractivity contribution in [2.45, 2.75) is 6.92 Å². The van der Waals surface area contributed by atoms with E-state index in [0.29, 0.717) is 5.56 Å². The van der Waals surface area contributed by atoms with E-state index in [1.165, 1.54) is 0 Å². The van der Waals surface area contributed by atoms with Gasteiger partial charge < -0.3 is 0 Å². The summed E-state index contributed by atoms with van der Waals surface area (Å²) >= 11 is 0. The maximum absolute atomic E-state index is 9.29. The second-order valence-corrected chi connectivity index (χ2v) is 4.62. The van der Waals surface area contributed by atoms with Crippen molar-refractivity contribution in [3.8, 4) is 17.2 Å². The third kappa shape index (κ3) is 1.69. The van der Waals surface area contributed by atoms with Crippen molar-refractivity contribution in [2.24, 2.45) is 7.05 Å². The van der Waals surface area contributed by atoms with E-state index < -0.39 is 0 Å². The number of hydrogen-bond acceptors (Lipinski definition) is 2. The van der Waals surface area contributed by atoms with E-state index in [-0.39, 0.29) is 0 Å². The predicted octanol–water partition coefficient (Wildman–Crippen LogP) is 3.42. The van der Waals surface area contributed by atoms with Gasteiger partial charge in [-0.3, -0.25) is 4.68 Å². The van der Waals surface area contributed by atoms with Crippen molar-refractivity contribution in [2.75, 3.05) is 0 Å². The summed E-state index contributed by atoms with van der Waals surface area (Å²) in [6.07, 6.45) is 1.85. The minimum atomic E-state index is 0.694. The van der Waals surface area contributed by atoms with E-state index in [4.69, 9.17) is 0 Å². The van der Waals surface area contributed by atoms with E-state index in [0.717, 1.165) is 27.6 Å². The molecule has 0 spiro atoms. The van der Waals surface area contributed by atoms with Crippen LogP contribution in [0, 0.1) is 18.3 Å². The van der Waals surface area contributed by atoms with E-state index in [1.807, 2.05) is 42.2 Å². The largest absolute Gasteiger partial charge is 0.267 e. The lowest BCUT2D eigenvalue weighted by molar-refractivity contribution is 0.797. The van der Waals surface area contributed by atoms with E-state index in [2.05, 4.69) is 30.2 Å². The number of aryl methyl sites for hydroxylation is 2. The molecule has 3 nitrogen and oxygen atoms in total. The monoisotopic (exact) mass is 247 g/mol. The molecule has 19 heavy (non-hydrogen) atoms. The highest BCUT2D eigenvalue weighted by molar-refractivity contribution is 5.96. The van der Waals surface area contributed by atoms with Crippen LogP contribution in [0.1, 0.15) is 11.1 Å². The number of benzene rings is 2. The Morgan fingerprint density at radius 2 is 1.95 bits per heavy atom. The van der Waals surface area contributed by atoms with Crippen molar-refractivity contribution in [3.63, 3.8) is 0 Å². The van der Waals surface area contributed by atoms with Gasteiger partial charge >= 0.3 is 0 Å². The molecule has 3 rings (SSSR count). The average molecular weight is 247 g/mol. The molecule has 0 amide bonds. The fourth-order valence-corrected chi connectivity index (χ4v) is 2.51. The quantitative estimate of drug-likeness (QED) is 0.661. The highest BCUT2D eigenvalue weighted by Crippen LogP contribution is 2.33. The summed E-state index contributed by atoms with van der Waals surface area (Å²) < 4.78 is 1.87. The third-order valence-electron chi connectivity index (χ3n) is 3.43. The number of hydrogen-bond donors (Lipinski definition) is 0. The Kier molecular flexibility index (Phi) is 2.57. The van der Waals surface area contributed by atoms with Crippen LogP contribution in [0.5, 0.6) is 0 Å². The Hall–Kier alpha value is -2.60. The molecule has 92 valence electrons. The van der Waals surface area contributed by atoms with Gasteiger partial charge in [-0.15, -0.1) is 0 Å². The van der Waals surface area contributed by atoms with Crippen molar-refractivity contribution < 1.29 is 0 Å². The Bertz CT molecular complexity index is 806. The molecule has 1 heterocycles. The fourth-order valence-electron chi connectivity index (χ4n) is 2.51. The molecular weight excluding hydrogens is 234 g/mol. The fraction of sp³-hybridized carbons (Fsp3) is 0.125. The Labute approximate surface area is 111 Å². The first kappa shape index (κ1) is 11.5. The van der Waals surface area contributed by atoms with E-state index in [1.54, 1.807) is 0 Å². The van der Waals surface area contributed by atoms with Gasteiger partial charge in [-0.2, -0.15) is 10.4 Å². The van der Waals surface area contributed by atoms with E-state index in [9.17, 15) is 5.26 Å². The molecule has 2 aromatic carbocycles. The van der Waals surface area contributed by atoms with Gasteiger partial charge in [0.15, 0.2) is 0 Å². The maximum atomic E-state index is 9.29. The summed E-state index contributed by atoms with van der Waals surface area (Å²) in [5.41, 5.74) is 4.98. The first-order valence-electron chi connectivity index (χ1n) is 6.13. The number of nitrogens with zero attached hydrogens (tertiary/aromatic N) is 3. The van der Waals surface area contributed by atoms with Gasteiger partial charge in [0, 0.05) is 23.6 Å². The molecule has 0 aliphatic rings. The van der Waals surface area contributed by atoms with Gasteiger partial charge in [-0.25, -0.2) is 0 Å². The SMILES string of the molecule is Cc1ccc2cnn(C)c2c1-c1ccccc1C#N. The van der Waals surface area contributed by atoms with Crippen LogP contribution < -0.4 is 0 Å². The van der Waals surface area contributed by atoms with Crippen molar-refractivity contribution in [1.29, 1.82) is 5.26 Å². The normalized spacial score (nSPS) is 10.6. The number of nitriles is 1. The van der Waals surface area contributed by atoms with Crippen LogP contribution in [0.25, 0.3) is 22.0 Å². The Morgan fingerprint density at radius 3 is 2.74 bits per heavy atom. The zero-order chi connectivity index (χ0) is 13.4. The third-order valence-corrected chi connectivity index (χ3v) is 3.43. The smallest absolute Gasteiger partial charge is 0.0998 e. The van der Waals surface area contributed by atoms with Gasteiger partial charge in [0.25, 0.3) is 0 Å². The molecule has 0 saturated carbocycles. The zero-order valence-electron chi connectivity index (χ0n) is 10.9. The van der Waals surface area contributed by atoms with Crippen molar-refractivity contribution >= 4 is 10.9 Å². The maximum Gasteiger partial charge on any atom is 0.0998 e. The lowest BCUT2D eigenvalue weighted by Crippen LogP contribution is -1.95. The summed E-state index contributed by atoms with van der Waals surface area (Å²) in [5, 5.41) is 14.7. The molecule has 0 unspecified atom stereocenters. The summed E-state index contributed by atoms with van der Waals surface area (Å²) in [6, 6.07) is 14.1. The topological polar surface area (TPSA) is 41.6 Å². The van der Waals surface area contributed by atoms with Crippen LogP contribution in [0.2, 0.25) is 0 Å². The summed E-state index contributed by atoms with van der Waals surface area (Å²) in [5.74, 6) is 0. The van der Waals surface area contributed by atoms with Crippen molar-refractivity contribution in [3.05, 3.63) is 53.7 Å². The molecule has 0 aliphatic carbocycles. The molecule has 3 heteroatoms. The lowest BCUT2D eigenvalue weighted by atomic mass is 9.94. The predicted molar refractivity (Wildman–Crippen MR) is 75.6 cm³/mol. The van der Waals surface area contributed by atoms with Gasteiger partial charge in [0.05, 0.1) is 23.3 Å². The molecule has 0 atom stereocenters. The van der Waals surface area contributed by atoms with Crippen LogP contribution in [-0.4, -0.2) is 9.78 Å². The van der Waals surface area contributed by atoms with Crippen LogP contribution in [0.15, 0.2) is 42.6 Å². The molecule has 0 saturated heterocycles. The summed E-state index contributed by atoms with van der Waals surface area (Å²) in [7, 11) is 1.93. The molecule has 0 fully saturated rings. The summed E-state index contributed by atoms with van der Waals surface area (Å²) in [4.78, 5) is 0. The molecule has 0 aliphatic heterocycles. The van der Waals surface area contributed by atoms with Crippen LogP contribution >= 0.6 is 0 Å². The first-order chi connectivity index (χ1) is 9.22. The second kappa shape index (κ2) is 4.25. The summed E-state index contributed by atoms with van der Waals surface area (Å²) in [6.45, 7) is 2.07. The minimum absolute atomic E-state index is 0.694. The van der Waals surface area contributed by atoms with Gasteiger partial charge in [-0.05, 0) is 18.6 Å². The van der Waals surface area contributed by atoms with Crippen molar-refractivity contribution in [1.82, 2.24) is 9.78 Å². The number of aromatic nitrogens is 2. The number of rotatable bonds is 1. The van der Waals surface area contributed by atoms with E-state index >= 15 is 0 Å². The molecule has 0 N–H and O–H groups in total. The Balaban J connectivity index is 2.46. The minimum Gasteiger partial charge on any atom is -0.267 e. The molecule has 1 aromatic heterocycles. The second-order valence-electron chi connectivity index (χ2n) is 4.62. The van der Waals surface area contributed by atoms with Gasteiger partial charge in [-0.1, -0.05) is 30.3 Å². The van der Waals surface area contributed by atoms with Crippen LogP contribution in [0.4, 0.5) is 0 Å². The van der Waals surface area contributed by atoms with Gasteiger partial charge in [0.1, 0.15) is 0 Å². The first-order valence-corrected chi connectivity index (χ1v) is 6.13. The molecule has 0 radical (unpaired) electrons. The molecular formula is C16H13N3. The average Bonchev–Trinajstić information content (AvgIpc) is 2.81. The highest BCUT2D eigenvalue weighted by atomic mass is 15.2. The highest BCUT2D eigenvalue weighted by Gasteiger charge is 2.13. The Morgan fingerprint density at radius 1 is 1.16 bits per heavy atom. The van der Waals surface area contributed by atoms with Gasteiger partial charge in [0.2, 0.25) is 0 Å².